The van der Waals surface area contributed by atoms with Crippen LogP contribution in [-0.2, 0) is 9.59 Å². The molecule has 0 aromatic carbocycles. The summed E-state index contributed by atoms with van der Waals surface area (Å²) >= 11 is 0. The number of hydrogen-bond donors (Lipinski definition) is 2. The van der Waals surface area contributed by atoms with Crippen LogP contribution in [0, 0.1) is 16.7 Å². The summed E-state index contributed by atoms with van der Waals surface area (Å²) in [5.41, 5.74) is 5.01. The largest absolute Gasteiger partial charge is 0.481 e. The molecule has 1 fully saturated rings. The van der Waals surface area contributed by atoms with Gasteiger partial charge in [-0.05, 0) is 24.7 Å². The SMILES string of the molecule is CCC1(C(=O)O)CCN(C(=O)C(CN)CC(C)(C)C)C1. The van der Waals surface area contributed by atoms with Gasteiger partial charge in [-0.1, -0.05) is 27.7 Å². The van der Waals surface area contributed by atoms with Crippen LogP contribution >= 0.6 is 0 Å². The summed E-state index contributed by atoms with van der Waals surface area (Å²) < 4.78 is 0. The van der Waals surface area contributed by atoms with Crippen LogP contribution in [0.4, 0.5) is 0 Å². The lowest BCUT2D eigenvalue weighted by Crippen LogP contribution is -2.42. The predicted molar refractivity (Wildman–Crippen MR) is 78.2 cm³/mol. The number of nitrogens with two attached hydrogens (primary N) is 1. The molecule has 1 amide bonds. The fourth-order valence-corrected chi connectivity index (χ4v) is 2.94. The number of carbonyl (C=O) groups is 2. The lowest BCUT2D eigenvalue weighted by molar-refractivity contribution is -0.149. The quantitative estimate of drug-likeness (QED) is 0.805. The Kier molecular flexibility index (Phi) is 5.19. The Bertz CT molecular complexity index is 376. The molecule has 2 atom stereocenters. The minimum Gasteiger partial charge on any atom is -0.481 e. The zero-order chi connectivity index (χ0) is 15.6. The topological polar surface area (TPSA) is 83.6 Å². The Labute approximate surface area is 121 Å². The highest BCUT2D eigenvalue weighted by Crippen LogP contribution is 2.35. The van der Waals surface area contributed by atoms with Crippen molar-refractivity contribution in [2.45, 2.75) is 47.0 Å². The first-order valence-corrected chi connectivity index (χ1v) is 7.37. The molecule has 1 rings (SSSR count). The molecule has 2 unspecified atom stereocenters. The van der Waals surface area contributed by atoms with Crippen LogP contribution in [0.25, 0.3) is 0 Å². The van der Waals surface area contributed by atoms with Gasteiger partial charge in [0.2, 0.25) is 5.91 Å². The summed E-state index contributed by atoms with van der Waals surface area (Å²) in [7, 11) is 0. The third-order valence-electron chi connectivity index (χ3n) is 4.29. The van der Waals surface area contributed by atoms with Crippen LogP contribution in [0.15, 0.2) is 0 Å². The van der Waals surface area contributed by atoms with Crippen molar-refractivity contribution in [3.05, 3.63) is 0 Å². The molecule has 20 heavy (non-hydrogen) atoms. The molecule has 5 heteroatoms. The second-order valence-electron chi connectivity index (χ2n) is 7.15. The average molecular weight is 284 g/mol. The lowest BCUT2D eigenvalue weighted by Gasteiger charge is -2.29. The highest BCUT2D eigenvalue weighted by molar-refractivity contribution is 5.82. The number of likely N-dealkylation sites (tertiary alicyclic amines) is 1. The fraction of sp³-hybridized carbons (Fsp3) is 0.867. The molecule has 0 aromatic heterocycles. The van der Waals surface area contributed by atoms with Crippen LogP contribution in [0.2, 0.25) is 0 Å². The van der Waals surface area contributed by atoms with E-state index in [1.165, 1.54) is 0 Å². The van der Waals surface area contributed by atoms with Crippen molar-refractivity contribution in [3.63, 3.8) is 0 Å². The Morgan fingerprint density at radius 3 is 2.35 bits per heavy atom. The van der Waals surface area contributed by atoms with Gasteiger partial charge in [-0.15, -0.1) is 0 Å². The maximum Gasteiger partial charge on any atom is 0.311 e. The highest BCUT2D eigenvalue weighted by atomic mass is 16.4. The molecule has 0 radical (unpaired) electrons. The summed E-state index contributed by atoms with van der Waals surface area (Å²) in [5, 5.41) is 9.38. The van der Waals surface area contributed by atoms with Crippen LogP contribution in [0.5, 0.6) is 0 Å². The van der Waals surface area contributed by atoms with Crippen molar-refractivity contribution in [1.29, 1.82) is 0 Å². The summed E-state index contributed by atoms with van der Waals surface area (Å²) in [4.78, 5) is 25.7. The van der Waals surface area contributed by atoms with Crippen molar-refractivity contribution in [1.82, 2.24) is 4.90 Å². The zero-order valence-corrected chi connectivity index (χ0v) is 13.1. The molecule has 1 heterocycles. The van der Waals surface area contributed by atoms with E-state index in [4.69, 9.17) is 5.73 Å². The lowest BCUT2D eigenvalue weighted by atomic mass is 9.83. The second kappa shape index (κ2) is 6.12. The van der Waals surface area contributed by atoms with E-state index in [2.05, 4.69) is 20.8 Å². The van der Waals surface area contributed by atoms with Crippen molar-refractivity contribution in [2.75, 3.05) is 19.6 Å². The minimum absolute atomic E-state index is 0.0130. The minimum atomic E-state index is -0.796. The summed E-state index contributed by atoms with van der Waals surface area (Å²) in [5.74, 6) is -0.995. The van der Waals surface area contributed by atoms with Gasteiger partial charge in [-0.3, -0.25) is 9.59 Å². The van der Waals surface area contributed by atoms with Gasteiger partial charge < -0.3 is 15.7 Å². The number of carbonyl (C=O) groups excluding carboxylic acids is 1. The Morgan fingerprint density at radius 1 is 1.40 bits per heavy atom. The Hall–Kier alpha value is -1.10. The zero-order valence-electron chi connectivity index (χ0n) is 13.1. The van der Waals surface area contributed by atoms with E-state index in [1.807, 2.05) is 6.92 Å². The van der Waals surface area contributed by atoms with E-state index in [1.54, 1.807) is 4.90 Å². The van der Waals surface area contributed by atoms with E-state index in [0.717, 1.165) is 6.42 Å². The van der Waals surface area contributed by atoms with Gasteiger partial charge in [0.15, 0.2) is 0 Å². The molecule has 5 nitrogen and oxygen atoms in total. The van der Waals surface area contributed by atoms with E-state index in [-0.39, 0.29) is 17.2 Å². The number of carboxylic acids is 1. The fourth-order valence-electron chi connectivity index (χ4n) is 2.94. The molecule has 1 aliphatic rings. The summed E-state index contributed by atoms with van der Waals surface area (Å²) in [6.45, 7) is 9.29. The average Bonchev–Trinajstić information content (AvgIpc) is 2.79. The van der Waals surface area contributed by atoms with Gasteiger partial charge in [0.1, 0.15) is 0 Å². The summed E-state index contributed by atoms with van der Waals surface area (Å²) in [6, 6.07) is 0. The number of amides is 1. The first kappa shape index (κ1) is 17.0. The Balaban J connectivity index is 2.76. The van der Waals surface area contributed by atoms with Crippen molar-refractivity contribution in [2.24, 2.45) is 22.5 Å². The molecule has 0 saturated carbocycles. The Morgan fingerprint density at radius 2 is 2.00 bits per heavy atom. The molecule has 3 N–H and O–H groups in total. The molecule has 1 aliphatic heterocycles. The number of rotatable bonds is 5. The van der Waals surface area contributed by atoms with Crippen LogP contribution in [0.1, 0.15) is 47.0 Å². The third-order valence-corrected chi connectivity index (χ3v) is 4.29. The van der Waals surface area contributed by atoms with Crippen molar-refractivity contribution < 1.29 is 14.7 Å². The molecule has 0 aromatic rings. The smallest absolute Gasteiger partial charge is 0.311 e. The van der Waals surface area contributed by atoms with Gasteiger partial charge in [0.25, 0.3) is 0 Å². The third kappa shape index (κ3) is 3.72. The van der Waals surface area contributed by atoms with Gasteiger partial charge in [-0.2, -0.15) is 0 Å². The number of nitrogens with zero attached hydrogens (tertiary/aromatic N) is 1. The molecule has 0 aliphatic carbocycles. The first-order valence-electron chi connectivity index (χ1n) is 7.37. The number of hydrogen-bond acceptors (Lipinski definition) is 3. The van der Waals surface area contributed by atoms with Crippen LogP contribution < -0.4 is 5.73 Å². The number of carboxylic acid groups (broad SMARTS) is 1. The van der Waals surface area contributed by atoms with E-state index in [9.17, 15) is 14.7 Å². The molecule has 0 bridgehead atoms. The van der Waals surface area contributed by atoms with Crippen LogP contribution in [0.3, 0.4) is 0 Å². The van der Waals surface area contributed by atoms with Gasteiger partial charge in [0, 0.05) is 19.6 Å². The molecule has 0 spiro atoms. The molecule has 116 valence electrons. The number of aliphatic carboxylic acids is 1. The maximum absolute atomic E-state index is 12.5. The first-order chi connectivity index (χ1) is 9.15. The van der Waals surface area contributed by atoms with Gasteiger partial charge in [0.05, 0.1) is 11.3 Å². The summed E-state index contributed by atoms with van der Waals surface area (Å²) in [6.07, 6.45) is 1.82. The van der Waals surface area contributed by atoms with E-state index >= 15 is 0 Å². The molecular weight excluding hydrogens is 256 g/mol. The van der Waals surface area contributed by atoms with E-state index in [0.29, 0.717) is 32.5 Å². The second-order valence-corrected chi connectivity index (χ2v) is 7.15. The standard InChI is InChI=1S/C15H28N2O3/c1-5-15(13(19)20)6-7-17(10-15)12(18)11(9-16)8-14(2,3)4/h11H,5-10,16H2,1-4H3,(H,19,20). The monoisotopic (exact) mass is 284 g/mol. The highest BCUT2D eigenvalue weighted by Gasteiger charge is 2.45. The van der Waals surface area contributed by atoms with Gasteiger partial charge >= 0.3 is 5.97 Å². The normalized spacial score (nSPS) is 24.8. The molecule has 1 saturated heterocycles. The maximum atomic E-state index is 12.5. The van der Waals surface area contributed by atoms with Crippen molar-refractivity contribution in [3.8, 4) is 0 Å². The molecular formula is C15H28N2O3. The van der Waals surface area contributed by atoms with Gasteiger partial charge in [-0.25, -0.2) is 0 Å². The van der Waals surface area contributed by atoms with Crippen molar-refractivity contribution >= 4 is 11.9 Å². The van der Waals surface area contributed by atoms with Crippen LogP contribution in [-0.4, -0.2) is 41.5 Å². The predicted octanol–water partition coefficient (Wildman–Crippen LogP) is 1.71. The van der Waals surface area contributed by atoms with E-state index < -0.39 is 11.4 Å².